The lowest BCUT2D eigenvalue weighted by molar-refractivity contribution is -0.893. The molecule has 0 unspecified atom stereocenters. The Balaban J connectivity index is 2.09. The first-order chi connectivity index (χ1) is 10.8. The molecule has 2 N–H and O–H groups in total. The molecule has 1 fully saturated rings. The van der Waals surface area contributed by atoms with E-state index in [1.54, 1.807) is 6.07 Å². The summed E-state index contributed by atoms with van der Waals surface area (Å²) in [5.41, 5.74) is 1.26. The Bertz CT molecular complexity index is 821. The van der Waals surface area contributed by atoms with E-state index in [9.17, 15) is 0 Å². The highest BCUT2D eigenvalue weighted by Gasteiger charge is 2.33. The molecule has 1 saturated heterocycles. The number of likely N-dealkylation sites (N-methyl/N-ethyl adjacent to an activating group) is 1. The van der Waals surface area contributed by atoms with Gasteiger partial charge in [-0.2, -0.15) is 0 Å². The van der Waals surface area contributed by atoms with Crippen LogP contribution < -0.4 is 10.4 Å². The second kappa shape index (κ2) is 5.58. The molecule has 0 bridgehead atoms. The van der Waals surface area contributed by atoms with Crippen molar-refractivity contribution in [3.8, 4) is 0 Å². The number of halogens is 1. The lowest BCUT2D eigenvalue weighted by atomic mass is 10.2. The summed E-state index contributed by atoms with van der Waals surface area (Å²) >= 11 is 5.98. The van der Waals surface area contributed by atoms with E-state index in [0.717, 1.165) is 30.3 Å². The summed E-state index contributed by atoms with van der Waals surface area (Å²) in [5.74, 6) is 0.576. The Morgan fingerprint density at radius 2 is 2.13 bits per heavy atom. The zero-order valence-corrected chi connectivity index (χ0v) is 14.3. The summed E-state index contributed by atoms with van der Waals surface area (Å²) in [6, 6.07) is 2.18. The molecule has 1 aliphatic rings. The van der Waals surface area contributed by atoms with Gasteiger partial charge in [-0.25, -0.2) is 9.97 Å². The SMILES string of the molecule is C[N+](C)(C)[C@@H]1CCN(c2nc3ncc(Cl)cc3n(C=N)c2=N)C1. The van der Waals surface area contributed by atoms with Crippen molar-refractivity contribution in [2.45, 2.75) is 12.5 Å². The Morgan fingerprint density at radius 1 is 1.39 bits per heavy atom. The molecule has 122 valence electrons. The Hall–Kier alpha value is -1.99. The number of nitrogens with zero attached hydrogens (tertiary/aromatic N) is 5. The minimum Gasteiger partial charge on any atom is -0.347 e. The first kappa shape index (κ1) is 15.9. The fourth-order valence-electron chi connectivity index (χ4n) is 2.99. The highest BCUT2D eigenvalue weighted by Crippen LogP contribution is 2.22. The fraction of sp³-hybridized carbons (Fsp3) is 0.467. The largest absolute Gasteiger partial charge is 0.347 e. The number of anilines is 1. The van der Waals surface area contributed by atoms with Crippen LogP contribution in [0.3, 0.4) is 0 Å². The van der Waals surface area contributed by atoms with Crippen LogP contribution in [0.5, 0.6) is 0 Å². The Labute approximate surface area is 139 Å². The molecule has 2 aromatic rings. The molecular weight excluding hydrogens is 314 g/mol. The number of aromatic nitrogens is 3. The van der Waals surface area contributed by atoms with Crippen molar-refractivity contribution in [2.75, 3.05) is 39.1 Å². The van der Waals surface area contributed by atoms with Gasteiger partial charge in [-0.3, -0.25) is 15.4 Å². The molecular formula is C15H21ClN7+. The minimum absolute atomic E-state index is 0.193. The number of hydrogen-bond donors (Lipinski definition) is 2. The second-order valence-corrected chi connectivity index (χ2v) is 7.22. The molecule has 8 heteroatoms. The van der Waals surface area contributed by atoms with Crippen molar-refractivity contribution in [3.05, 3.63) is 22.8 Å². The van der Waals surface area contributed by atoms with E-state index in [1.165, 1.54) is 10.8 Å². The van der Waals surface area contributed by atoms with Crippen molar-refractivity contribution in [3.63, 3.8) is 0 Å². The first-order valence-electron chi connectivity index (χ1n) is 7.50. The van der Waals surface area contributed by atoms with Gasteiger partial charge >= 0.3 is 0 Å². The van der Waals surface area contributed by atoms with Gasteiger partial charge in [-0.1, -0.05) is 11.6 Å². The predicted molar refractivity (Wildman–Crippen MR) is 91.2 cm³/mol. The summed E-state index contributed by atoms with van der Waals surface area (Å²) < 4.78 is 2.35. The molecule has 3 rings (SSSR count). The van der Waals surface area contributed by atoms with Crippen LogP contribution >= 0.6 is 11.6 Å². The summed E-state index contributed by atoms with van der Waals surface area (Å²) in [7, 11) is 6.56. The number of hydrogen-bond acceptors (Lipinski definition) is 5. The monoisotopic (exact) mass is 334 g/mol. The molecule has 0 radical (unpaired) electrons. The zero-order chi connectivity index (χ0) is 16.8. The zero-order valence-electron chi connectivity index (χ0n) is 13.5. The highest BCUT2D eigenvalue weighted by atomic mass is 35.5. The van der Waals surface area contributed by atoms with E-state index in [1.807, 2.05) is 0 Å². The average molecular weight is 335 g/mol. The normalized spacial score (nSPS) is 18.6. The summed E-state index contributed by atoms with van der Waals surface area (Å²) in [4.78, 5) is 10.9. The van der Waals surface area contributed by atoms with Crippen LogP contribution in [0.15, 0.2) is 12.3 Å². The van der Waals surface area contributed by atoms with E-state index in [4.69, 9.17) is 22.4 Å². The maximum absolute atomic E-state index is 8.42. The second-order valence-electron chi connectivity index (χ2n) is 6.78. The molecule has 7 nitrogen and oxygen atoms in total. The van der Waals surface area contributed by atoms with E-state index < -0.39 is 0 Å². The average Bonchev–Trinajstić information content (AvgIpc) is 2.96. The topological polar surface area (TPSA) is 81.7 Å². The number of nitrogens with one attached hydrogen (secondary N) is 2. The van der Waals surface area contributed by atoms with Crippen LogP contribution in [-0.2, 0) is 0 Å². The smallest absolute Gasteiger partial charge is 0.178 e. The van der Waals surface area contributed by atoms with Gasteiger partial charge in [0.25, 0.3) is 0 Å². The molecule has 0 amide bonds. The Morgan fingerprint density at radius 3 is 2.74 bits per heavy atom. The molecule has 1 aliphatic heterocycles. The van der Waals surface area contributed by atoms with Gasteiger partial charge < -0.3 is 9.38 Å². The lowest BCUT2D eigenvalue weighted by Crippen LogP contribution is -2.47. The maximum atomic E-state index is 8.42. The molecule has 0 aliphatic carbocycles. The van der Waals surface area contributed by atoms with E-state index in [-0.39, 0.29) is 5.49 Å². The van der Waals surface area contributed by atoms with Gasteiger partial charge in [-0.15, -0.1) is 0 Å². The van der Waals surface area contributed by atoms with Crippen LogP contribution in [0.25, 0.3) is 11.2 Å². The summed E-state index contributed by atoms with van der Waals surface area (Å²) in [5, 5.41) is 16.5. The molecule has 0 aromatic carbocycles. The van der Waals surface area contributed by atoms with E-state index in [2.05, 4.69) is 36.0 Å². The van der Waals surface area contributed by atoms with Gasteiger partial charge in [0, 0.05) is 19.2 Å². The molecule has 0 saturated carbocycles. The maximum Gasteiger partial charge on any atom is 0.178 e. The van der Waals surface area contributed by atoms with Crippen molar-refractivity contribution in [1.29, 1.82) is 10.8 Å². The third-order valence-corrected chi connectivity index (χ3v) is 4.63. The van der Waals surface area contributed by atoms with Crippen LogP contribution in [0, 0.1) is 10.8 Å². The number of pyridine rings is 1. The van der Waals surface area contributed by atoms with Gasteiger partial charge in [-0.05, 0) is 6.07 Å². The molecule has 23 heavy (non-hydrogen) atoms. The number of fused-ring (bicyclic) bond motifs is 1. The fourth-order valence-corrected chi connectivity index (χ4v) is 3.14. The molecule has 2 aromatic heterocycles. The third-order valence-electron chi connectivity index (χ3n) is 4.43. The van der Waals surface area contributed by atoms with Crippen molar-refractivity contribution < 1.29 is 4.48 Å². The first-order valence-corrected chi connectivity index (χ1v) is 7.88. The summed E-state index contributed by atoms with van der Waals surface area (Å²) in [6.07, 6.45) is 3.71. The van der Waals surface area contributed by atoms with Gasteiger partial charge in [0.15, 0.2) is 17.0 Å². The molecule has 0 spiro atoms. The van der Waals surface area contributed by atoms with Crippen molar-refractivity contribution in [1.82, 2.24) is 14.5 Å². The molecule has 1 atom stereocenters. The van der Waals surface area contributed by atoms with Gasteiger partial charge in [0.05, 0.1) is 44.6 Å². The van der Waals surface area contributed by atoms with E-state index in [0.29, 0.717) is 28.0 Å². The predicted octanol–water partition coefficient (Wildman–Crippen LogP) is 1.30. The van der Waals surface area contributed by atoms with Crippen LogP contribution in [-0.4, -0.2) is 65.6 Å². The summed E-state index contributed by atoms with van der Waals surface area (Å²) in [6.45, 7) is 1.70. The molecule has 3 heterocycles. The van der Waals surface area contributed by atoms with Crippen LogP contribution in [0.1, 0.15) is 6.42 Å². The van der Waals surface area contributed by atoms with E-state index >= 15 is 0 Å². The standard InChI is InChI=1S/C15H21ClN7/c1-23(2,3)11-4-5-21(8-11)15-13(18)22(9-17)12-6-10(16)7-19-14(12)20-15/h6-7,9,11,17-18H,4-5,8H2,1-3H3/q+1/t11-/m1/s1. The Kier molecular flexibility index (Phi) is 3.85. The van der Waals surface area contributed by atoms with Crippen LogP contribution in [0.2, 0.25) is 5.02 Å². The van der Waals surface area contributed by atoms with Gasteiger partial charge in [0.2, 0.25) is 0 Å². The number of quaternary nitrogens is 1. The lowest BCUT2D eigenvalue weighted by Gasteiger charge is -2.31. The van der Waals surface area contributed by atoms with Crippen LogP contribution in [0.4, 0.5) is 5.82 Å². The quantitative estimate of drug-likeness (QED) is 0.504. The third kappa shape index (κ3) is 2.82. The van der Waals surface area contributed by atoms with Crippen molar-refractivity contribution >= 4 is 34.9 Å². The highest BCUT2D eigenvalue weighted by molar-refractivity contribution is 6.31. The van der Waals surface area contributed by atoms with Crippen molar-refractivity contribution in [2.24, 2.45) is 0 Å². The van der Waals surface area contributed by atoms with Gasteiger partial charge in [0.1, 0.15) is 6.04 Å². The number of rotatable bonds is 3. The minimum atomic E-state index is 0.193.